The van der Waals surface area contributed by atoms with Gasteiger partial charge >= 0.3 is 0 Å². The fourth-order valence-corrected chi connectivity index (χ4v) is 5.53. The number of para-hydroxylation sites is 1. The number of sulfonamides is 1. The normalized spacial score (nSPS) is 16.4. The van der Waals surface area contributed by atoms with Gasteiger partial charge in [0.15, 0.2) is 0 Å². The maximum absolute atomic E-state index is 12.9. The molecule has 1 aliphatic heterocycles. The van der Waals surface area contributed by atoms with Crippen LogP contribution in [-0.2, 0) is 10.0 Å². The topological polar surface area (TPSA) is 113 Å². The molecule has 2 aromatic carbocycles. The van der Waals surface area contributed by atoms with Crippen molar-refractivity contribution < 1.29 is 18.0 Å². The number of amides is 2. The van der Waals surface area contributed by atoms with E-state index in [1.165, 1.54) is 28.6 Å². The largest absolute Gasteiger partial charge is 0.288 e. The Labute approximate surface area is 197 Å². The minimum Gasteiger partial charge on any atom is -0.267 e. The second-order valence-corrected chi connectivity index (χ2v) is 10.5. The molecule has 2 N–H and O–H groups in total. The molecule has 2 aliphatic rings. The van der Waals surface area contributed by atoms with Gasteiger partial charge in [-0.25, -0.2) is 13.1 Å². The summed E-state index contributed by atoms with van der Waals surface area (Å²) < 4.78 is 28.3. The van der Waals surface area contributed by atoms with Gasteiger partial charge < -0.3 is 0 Å². The van der Waals surface area contributed by atoms with Gasteiger partial charge in [0.05, 0.1) is 16.3 Å². The maximum atomic E-state index is 12.9. The van der Waals surface area contributed by atoms with Gasteiger partial charge in [0, 0.05) is 24.6 Å². The number of hydrogen-bond acceptors (Lipinski definition) is 5. The average molecular weight is 480 g/mol. The lowest BCUT2D eigenvalue weighted by atomic mass is 10.2. The molecule has 5 rings (SSSR count). The van der Waals surface area contributed by atoms with Crippen LogP contribution in [0.15, 0.2) is 65.6 Å². The molecule has 0 atom stereocenters. The van der Waals surface area contributed by atoms with Crippen LogP contribution >= 0.6 is 0 Å². The highest BCUT2D eigenvalue weighted by Crippen LogP contribution is 2.39. The quantitative estimate of drug-likeness (QED) is 0.528. The predicted octanol–water partition coefficient (Wildman–Crippen LogP) is 2.61. The Morgan fingerprint density at radius 1 is 0.882 bits per heavy atom. The molecule has 0 unspecified atom stereocenters. The number of nitrogens with one attached hydrogen (secondary N) is 2. The van der Waals surface area contributed by atoms with Gasteiger partial charge in [-0.3, -0.25) is 20.4 Å². The first kappa shape index (κ1) is 22.3. The van der Waals surface area contributed by atoms with Crippen LogP contribution in [0.2, 0.25) is 0 Å². The van der Waals surface area contributed by atoms with E-state index in [2.05, 4.69) is 16.0 Å². The van der Waals surface area contributed by atoms with Crippen LogP contribution in [0.25, 0.3) is 5.69 Å². The van der Waals surface area contributed by atoms with Gasteiger partial charge in [0.1, 0.15) is 5.69 Å². The smallest absolute Gasteiger partial charge is 0.267 e. The zero-order valence-electron chi connectivity index (χ0n) is 18.5. The molecule has 1 aliphatic carbocycles. The van der Waals surface area contributed by atoms with Crippen LogP contribution in [0, 0.1) is 0 Å². The Morgan fingerprint density at radius 3 is 2.18 bits per heavy atom. The Hall–Kier alpha value is -3.50. The zero-order chi connectivity index (χ0) is 23.7. The number of hydrazine groups is 1. The summed E-state index contributed by atoms with van der Waals surface area (Å²) >= 11 is 0. The zero-order valence-corrected chi connectivity index (χ0v) is 19.3. The van der Waals surface area contributed by atoms with Crippen molar-refractivity contribution in [3.63, 3.8) is 0 Å². The van der Waals surface area contributed by atoms with E-state index in [9.17, 15) is 18.0 Å². The number of rotatable bonds is 6. The standard InChI is InChI=1S/C24H25N5O4S/c30-23(18-10-12-20(13-11-18)34(32,33)28-14-4-5-15-28)25-26-24(31)22-16-21(17-8-9-17)27-29(22)19-6-2-1-3-7-19/h1-3,6-7,10-13,16-17H,4-5,8-9,14-15H2,(H,25,30)(H,26,31). The van der Waals surface area contributed by atoms with Crippen molar-refractivity contribution in [2.24, 2.45) is 0 Å². The third-order valence-corrected chi connectivity index (χ3v) is 7.98. The fraction of sp³-hybridized carbons (Fsp3) is 0.292. The SMILES string of the molecule is O=C(NNC(=O)c1cc(C2CC2)nn1-c1ccccc1)c1ccc(S(=O)(=O)N2CCCC2)cc1. The molecule has 1 aromatic heterocycles. The van der Waals surface area contributed by atoms with E-state index in [0.29, 0.717) is 24.7 Å². The molecule has 2 amide bonds. The minimum absolute atomic E-state index is 0.148. The number of carbonyl (C=O) groups excluding carboxylic acids is 2. The van der Waals surface area contributed by atoms with Gasteiger partial charge in [-0.15, -0.1) is 0 Å². The molecule has 2 fully saturated rings. The van der Waals surface area contributed by atoms with E-state index in [1.54, 1.807) is 10.7 Å². The van der Waals surface area contributed by atoms with Crippen LogP contribution in [0.5, 0.6) is 0 Å². The van der Waals surface area contributed by atoms with E-state index < -0.39 is 21.8 Å². The van der Waals surface area contributed by atoms with Crippen molar-refractivity contribution in [1.29, 1.82) is 0 Å². The second kappa shape index (κ2) is 9.03. The van der Waals surface area contributed by atoms with E-state index in [1.807, 2.05) is 30.3 Å². The predicted molar refractivity (Wildman–Crippen MR) is 125 cm³/mol. The number of aromatic nitrogens is 2. The summed E-state index contributed by atoms with van der Waals surface area (Å²) in [6.07, 6.45) is 3.80. The first-order chi connectivity index (χ1) is 16.4. The minimum atomic E-state index is -3.55. The van der Waals surface area contributed by atoms with Gasteiger partial charge in [-0.05, 0) is 68.1 Å². The van der Waals surface area contributed by atoms with Crippen molar-refractivity contribution in [2.45, 2.75) is 36.5 Å². The molecule has 0 radical (unpaired) electrons. The summed E-state index contributed by atoms with van der Waals surface area (Å²) in [6.45, 7) is 1.03. The summed E-state index contributed by atoms with van der Waals surface area (Å²) in [7, 11) is -3.55. The molecule has 2 heterocycles. The molecule has 1 saturated carbocycles. The molecule has 1 saturated heterocycles. The van der Waals surface area contributed by atoms with E-state index in [0.717, 1.165) is 37.1 Å². The first-order valence-electron chi connectivity index (χ1n) is 11.3. The maximum Gasteiger partial charge on any atom is 0.288 e. The van der Waals surface area contributed by atoms with Crippen molar-refractivity contribution in [2.75, 3.05) is 13.1 Å². The lowest BCUT2D eigenvalue weighted by Gasteiger charge is -2.15. The summed E-state index contributed by atoms with van der Waals surface area (Å²) in [4.78, 5) is 25.6. The highest BCUT2D eigenvalue weighted by atomic mass is 32.2. The van der Waals surface area contributed by atoms with E-state index >= 15 is 0 Å². The van der Waals surface area contributed by atoms with Crippen molar-refractivity contribution in [3.8, 4) is 5.69 Å². The van der Waals surface area contributed by atoms with Crippen molar-refractivity contribution in [3.05, 3.63) is 77.6 Å². The number of hydrogen-bond donors (Lipinski definition) is 2. The molecule has 0 spiro atoms. The summed E-state index contributed by atoms with van der Waals surface area (Å²) in [6, 6.07) is 16.8. The Morgan fingerprint density at radius 2 is 1.53 bits per heavy atom. The Balaban J connectivity index is 1.27. The summed E-state index contributed by atoms with van der Waals surface area (Å²) in [5, 5.41) is 4.60. The van der Waals surface area contributed by atoms with Crippen LogP contribution < -0.4 is 10.9 Å². The molecule has 3 aromatic rings. The third-order valence-electron chi connectivity index (χ3n) is 6.07. The molecule has 9 nitrogen and oxygen atoms in total. The van der Waals surface area contributed by atoms with Gasteiger partial charge in [-0.1, -0.05) is 18.2 Å². The monoisotopic (exact) mass is 479 g/mol. The van der Waals surface area contributed by atoms with Crippen molar-refractivity contribution >= 4 is 21.8 Å². The summed E-state index contributed by atoms with van der Waals surface area (Å²) in [5.41, 5.74) is 7.01. The molecule has 176 valence electrons. The van der Waals surface area contributed by atoms with Crippen LogP contribution in [0.4, 0.5) is 0 Å². The van der Waals surface area contributed by atoms with E-state index in [4.69, 9.17) is 0 Å². The second-order valence-electron chi connectivity index (χ2n) is 8.52. The third kappa shape index (κ3) is 4.46. The number of benzene rings is 2. The fourth-order valence-electron chi connectivity index (χ4n) is 4.01. The van der Waals surface area contributed by atoms with Crippen LogP contribution in [-0.4, -0.2) is 47.4 Å². The Bertz CT molecular complexity index is 1310. The van der Waals surface area contributed by atoms with Crippen LogP contribution in [0.3, 0.4) is 0 Å². The number of carbonyl (C=O) groups is 2. The highest BCUT2D eigenvalue weighted by molar-refractivity contribution is 7.89. The highest BCUT2D eigenvalue weighted by Gasteiger charge is 2.29. The molecule has 34 heavy (non-hydrogen) atoms. The summed E-state index contributed by atoms with van der Waals surface area (Å²) in [5.74, 6) is -0.682. The Kier molecular flexibility index (Phi) is 5.93. The average Bonchev–Trinajstić information content (AvgIpc) is 3.36. The molecule has 10 heteroatoms. The van der Waals surface area contributed by atoms with Crippen molar-refractivity contribution in [1.82, 2.24) is 24.9 Å². The van der Waals surface area contributed by atoms with Crippen LogP contribution in [0.1, 0.15) is 58.1 Å². The first-order valence-corrected chi connectivity index (χ1v) is 12.7. The van der Waals surface area contributed by atoms with E-state index in [-0.39, 0.29) is 10.5 Å². The lowest BCUT2D eigenvalue weighted by Crippen LogP contribution is -2.42. The molecular weight excluding hydrogens is 454 g/mol. The van der Waals surface area contributed by atoms with Gasteiger partial charge in [-0.2, -0.15) is 9.40 Å². The van der Waals surface area contributed by atoms with Gasteiger partial charge in [0.25, 0.3) is 11.8 Å². The van der Waals surface area contributed by atoms with Gasteiger partial charge in [0.2, 0.25) is 10.0 Å². The number of nitrogens with zero attached hydrogens (tertiary/aromatic N) is 3. The molecular formula is C24H25N5O4S. The molecule has 0 bridgehead atoms. The lowest BCUT2D eigenvalue weighted by molar-refractivity contribution is 0.0842.